The van der Waals surface area contributed by atoms with Crippen LogP contribution in [0.4, 0.5) is 0 Å². The van der Waals surface area contributed by atoms with Gasteiger partial charge in [0.05, 0.1) is 0 Å². The molecule has 2 rings (SSSR count). The van der Waals surface area contributed by atoms with Gasteiger partial charge in [0.1, 0.15) is 0 Å². The SMILES string of the molecule is CN1CCN(C(=O)CCCC2CCCCC2)CC1. The van der Waals surface area contributed by atoms with E-state index in [0.717, 1.165) is 44.9 Å². The number of hydrogen-bond acceptors (Lipinski definition) is 2. The molecule has 0 spiro atoms. The van der Waals surface area contributed by atoms with Gasteiger partial charge in [-0.15, -0.1) is 0 Å². The molecule has 0 N–H and O–H groups in total. The molecule has 18 heavy (non-hydrogen) atoms. The Balaban J connectivity index is 1.59. The highest BCUT2D eigenvalue weighted by Crippen LogP contribution is 2.27. The van der Waals surface area contributed by atoms with Crippen LogP contribution in [0.3, 0.4) is 0 Å². The summed E-state index contributed by atoms with van der Waals surface area (Å²) in [6.45, 7) is 3.93. The number of amides is 1. The van der Waals surface area contributed by atoms with E-state index in [1.165, 1.54) is 38.5 Å². The van der Waals surface area contributed by atoms with Crippen molar-refractivity contribution in [2.24, 2.45) is 5.92 Å². The van der Waals surface area contributed by atoms with Crippen molar-refractivity contribution in [3.63, 3.8) is 0 Å². The van der Waals surface area contributed by atoms with Crippen molar-refractivity contribution in [1.82, 2.24) is 9.80 Å². The molecule has 1 saturated carbocycles. The number of hydrogen-bond donors (Lipinski definition) is 0. The third-order valence-electron chi connectivity index (χ3n) is 4.58. The summed E-state index contributed by atoms with van der Waals surface area (Å²) in [4.78, 5) is 16.4. The quantitative estimate of drug-likeness (QED) is 0.767. The van der Waals surface area contributed by atoms with Crippen molar-refractivity contribution in [1.29, 1.82) is 0 Å². The molecular formula is C15H28N2O. The van der Waals surface area contributed by atoms with Crippen LogP contribution in [-0.2, 0) is 4.79 Å². The van der Waals surface area contributed by atoms with Crippen LogP contribution in [0, 0.1) is 5.92 Å². The van der Waals surface area contributed by atoms with Crippen molar-refractivity contribution in [2.45, 2.75) is 51.4 Å². The summed E-state index contributed by atoms with van der Waals surface area (Å²) in [5, 5.41) is 0. The zero-order chi connectivity index (χ0) is 12.8. The summed E-state index contributed by atoms with van der Waals surface area (Å²) >= 11 is 0. The fraction of sp³-hybridized carbons (Fsp3) is 0.933. The van der Waals surface area contributed by atoms with Gasteiger partial charge in [0, 0.05) is 32.6 Å². The van der Waals surface area contributed by atoms with Gasteiger partial charge < -0.3 is 9.80 Å². The number of nitrogens with zero attached hydrogens (tertiary/aromatic N) is 2. The first-order valence-electron chi connectivity index (χ1n) is 7.72. The van der Waals surface area contributed by atoms with Gasteiger partial charge >= 0.3 is 0 Å². The van der Waals surface area contributed by atoms with Crippen LogP contribution in [0.25, 0.3) is 0 Å². The van der Waals surface area contributed by atoms with Crippen LogP contribution in [0.1, 0.15) is 51.4 Å². The van der Waals surface area contributed by atoms with Gasteiger partial charge in [-0.3, -0.25) is 4.79 Å². The largest absolute Gasteiger partial charge is 0.340 e. The van der Waals surface area contributed by atoms with Crippen molar-refractivity contribution in [2.75, 3.05) is 33.2 Å². The molecule has 2 aliphatic rings. The molecule has 1 aliphatic heterocycles. The zero-order valence-electron chi connectivity index (χ0n) is 11.9. The average molecular weight is 252 g/mol. The first-order valence-corrected chi connectivity index (χ1v) is 7.72. The van der Waals surface area contributed by atoms with Gasteiger partial charge in [-0.05, 0) is 25.8 Å². The number of rotatable bonds is 4. The number of piperazine rings is 1. The van der Waals surface area contributed by atoms with E-state index in [4.69, 9.17) is 0 Å². The monoisotopic (exact) mass is 252 g/mol. The normalized spacial score (nSPS) is 23.3. The van der Waals surface area contributed by atoms with Crippen molar-refractivity contribution in [3.05, 3.63) is 0 Å². The Morgan fingerprint density at radius 3 is 2.39 bits per heavy atom. The summed E-state index contributed by atoms with van der Waals surface area (Å²) in [6.07, 6.45) is 10.2. The van der Waals surface area contributed by atoms with Gasteiger partial charge in [0.25, 0.3) is 0 Å². The van der Waals surface area contributed by atoms with E-state index in [1.807, 2.05) is 0 Å². The zero-order valence-corrected chi connectivity index (χ0v) is 11.9. The molecule has 0 unspecified atom stereocenters. The highest BCUT2D eigenvalue weighted by Gasteiger charge is 2.19. The van der Waals surface area contributed by atoms with Crippen LogP contribution in [0.2, 0.25) is 0 Å². The van der Waals surface area contributed by atoms with E-state index in [9.17, 15) is 4.79 Å². The minimum Gasteiger partial charge on any atom is -0.340 e. The second-order valence-corrected chi connectivity index (χ2v) is 6.08. The third-order valence-corrected chi connectivity index (χ3v) is 4.58. The Bertz CT molecular complexity index is 253. The Labute approximate surface area is 112 Å². The highest BCUT2D eigenvalue weighted by atomic mass is 16.2. The van der Waals surface area contributed by atoms with E-state index in [-0.39, 0.29) is 0 Å². The second-order valence-electron chi connectivity index (χ2n) is 6.08. The molecule has 104 valence electrons. The van der Waals surface area contributed by atoms with Crippen LogP contribution >= 0.6 is 0 Å². The Kier molecular flexibility index (Phi) is 5.48. The molecule has 2 fully saturated rings. The van der Waals surface area contributed by atoms with E-state index in [1.54, 1.807) is 0 Å². The van der Waals surface area contributed by atoms with Crippen LogP contribution in [0.15, 0.2) is 0 Å². The number of likely N-dealkylation sites (N-methyl/N-ethyl adjacent to an activating group) is 1. The summed E-state index contributed by atoms with van der Waals surface area (Å²) in [6, 6.07) is 0. The number of carbonyl (C=O) groups excluding carboxylic acids is 1. The van der Waals surface area contributed by atoms with Crippen LogP contribution in [-0.4, -0.2) is 48.9 Å². The van der Waals surface area contributed by atoms with Crippen molar-refractivity contribution >= 4 is 5.91 Å². The lowest BCUT2D eigenvalue weighted by Crippen LogP contribution is -2.47. The van der Waals surface area contributed by atoms with Gasteiger partial charge in [0.2, 0.25) is 5.91 Å². The molecule has 3 nitrogen and oxygen atoms in total. The smallest absolute Gasteiger partial charge is 0.222 e. The molecule has 1 heterocycles. The molecule has 0 radical (unpaired) electrons. The van der Waals surface area contributed by atoms with Crippen LogP contribution < -0.4 is 0 Å². The molecule has 0 aromatic carbocycles. The fourth-order valence-corrected chi connectivity index (χ4v) is 3.23. The lowest BCUT2D eigenvalue weighted by Gasteiger charge is -2.32. The van der Waals surface area contributed by atoms with Crippen molar-refractivity contribution in [3.8, 4) is 0 Å². The van der Waals surface area contributed by atoms with E-state index < -0.39 is 0 Å². The Morgan fingerprint density at radius 1 is 1.06 bits per heavy atom. The first-order chi connectivity index (χ1) is 8.75. The predicted molar refractivity (Wildman–Crippen MR) is 74.5 cm³/mol. The topological polar surface area (TPSA) is 23.6 Å². The van der Waals surface area contributed by atoms with Gasteiger partial charge in [-0.2, -0.15) is 0 Å². The van der Waals surface area contributed by atoms with Crippen LogP contribution in [0.5, 0.6) is 0 Å². The molecule has 1 saturated heterocycles. The fourth-order valence-electron chi connectivity index (χ4n) is 3.23. The summed E-state index contributed by atoms with van der Waals surface area (Å²) in [5.74, 6) is 1.30. The van der Waals surface area contributed by atoms with Gasteiger partial charge in [-0.1, -0.05) is 32.1 Å². The molecule has 3 heteroatoms. The second kappa shape index (κ2) is 7.13. The summed E-state index contributed by atoms with van der Waals surface area (Å²) in [7, 11) is 2.13. The molecule has 0 aromatic rings. The van der Waals surface area contributed by atoms with Gasteiger partial charge in [-0.25, -0.2) is 0 Å². The maximum atomic E-state index is 12.1. The molecule has 0 atom stereocenters. The average Bonchev–Trinajstić information content (AvgIpc) is 2.40. The highest BCUT2D eigenvalue weighted by molar-refractivity contribution is 5.76. The number of carbonyl (C=O) groups is 1. The maximum absolute atomic E-state index is 12.1. The first kappa shape index (κ1) is 13.9. The predicted octanol–water partition coefficient (Wildman–Crippen LogP) is 2.51. The minimum absolute atomic E-state index is 0.388. The molecule has 1 amide bonds. The van der Waals surface area contributed by atoms with Gasteiger partial charge in [0.15, 0.2) is 0 Å². The molecule has 0 aromatic heterocycles. The molecular weight excluding hydrogens is 224 g/mol. The Hall–Kier alpha value is -0.570. The van der Waals surface area contributed by atoms with E-state index in [0.29, 0.717) is 5.91 Å². The summed E-state index contributed by atoms with van der Waals surface area (Å²) < 4.78 is 0. The molecule has 1 aliphatic carbocycles. The third kappa shape index (κ3) is 4.27. The molecule has 0 bridgehead atoms. The summed E-state index contributed by atoms with van der Waals surface area (Å²) in [5.41, 5.74) is 0. The van der Waals surface area contributed by atoms with Crippen molar-refractivity contribution < 1.29 is 4.79 Å². The lowest BCUT2D eigenvalue weighted by atomic mass is 9.86. The lowest BCUT2D eigenvalue weighted by molar-refractivity contribution is -0.132. The Morgan fingerprint density at radius 2 is 1.72 bits per heavy atom. The maximum Gasteiger partial charge on any atom is 0.222 e. The van der Waals surface area contributed by atoms with E-state index in [2.05, 4.69) is 16.8 Å². The van der Waals surface area contributed by atoms with E-state index >= 15 is 0 Å². The standard InChI is InChI=1S/C15H28N2O/c1-16-10-12-17(13-11-16)15(18)9-5-8-14-6-3-2-4-7-14/h14H,2-13H2,1H3. The minimum atomic E-state index is 0.388.